The van der Waals surface area contributed by atoms with Gasteiger partial charge in [-0.3, -0.25) is 9.59 Å². The number of allylic oxidation sites excluding steroid dienone is 4. The van der Waals surface area contributed by atoms with E-state index in [-0.39, 0.29) is 91.3 Å². The molecule has 772 valence electrons. The first kappa shape index (κ1) is 109. The van der Waals surface area contributed by atoms with Crippen LogP contribution in [0.2, 0.25) is 4.47 Å². The third-order valence-corrected chi connectivity index (χ3v) is 30.9. The van der Waals surface area contributed by atoms with Gasteiger partial charge in [0.2, 0.25) is 0 Å². The molecule has 2 spiro atoms. The van der Waals surface area contributed by atoms with Crippen LogP contribution in [0, 0.1) is 57.5 Å². The van der Waals surface area contributed by atoms with E-state index in [0.29, 0.717) is 97.5 Å². The summed E-state index contributed by atoms with van der Waals surface area (Å²) in [5.41, 5.74) is 0.263. The highest BCUT2D eigenvalue weighted by Gasteiger charge is 2.63. The lowest BCUT2D eigenvalue weighted by Crippen LogP contribution is -2.58. The van der Waals surface area contributed by atoms with Gasteiger partial charge in [0.1, 0.15) is 89.2 Å². The van der Waals surface area contributed by atoms with Crippen LogP contribution in [0.5, 0.6) is 0 Å². The van der Waals surface area contributed by atoms with Gasteiger partial charge in [-0.05, 0) is 126 Å². The van der Waals surface area contributed by atoms with Crippen LogP contribution in [0.25, 0.3) is 0 Å². The fourth-order valence-corrected chi connectivity index (χ4v) is 22.7. The molecule has 15 rings (SSSR count). The molecule has 138 heavy (non-hydrogen) atoms. The number of hydrogen-bond donors (Lipinski definition) is 8. The standard InChI is InChI=1S/C48H72O14.C47H70O14.C6H8ClN5O2S/c1-11-25(2)43-28(5)17-18-47(62-43)23-34-20-33(61-47)16-15-27(4)42(26(3)13-12-14-32-24-55-45-40(49)29(6)19-35(46(51)58-34)48(32,45)52)59-39-22-37(54-10)44(31(8)57-39)60-38-21-36(53-9)41(50)30(7)56-38;1-24(2)41-27(5)16-17-46(61-41)22-33-19-32(60-46)15-14-26(4)42(25(3)12-11-13-31-23-54-44-39(48)28(6)18-34(45(50)57-33)47(31,44)51)58-38-21-36(53-10)43(30(8)56-38)59-37-20-35(52-9)40(49)29(7)55-37;1-8-6(11-12(13)14)10-3-4-2-9-5(7)15-4/h12-15,17-19,25-26,28,30-31,33-45,49-50,52H,11,16,20-24H2,1-10H3;11-14,16-18,24-25,27,29-30,32-44,48-49,51H,15,19-23H2,1-10H3;2H,3H2,1H3,(H2,8,10,11)/b13-12+,27-15+,32-14+;12-11+,26-14+,31-13+;/t25-,26-,28-,30-,31-,33+,34-,35-,36-,37-,38-,39-,40+,41-,42-,43+,44-,45+,47+,48+;25-,27-,29-,30-,32+,33-,34-,35-,36-,37-,38-,39+,40-,41+,42-,43-,44+,46+,47+;/m00./s1. The average molecular weight is 1980 g/mol. The van der Waals surface area contributed by atoms with E-state index >= 15 is 0 Å². The molecule has 39 atom stereocenters. The summed E-state index contributed by atoms with van der Waals surface area (Å²) >= 11 is 6.92. The van der Waals surface area contributed by atoms with Crippen LogP contribution in [0.3, 0.4) is 0 Å². The van der Waals surface area contributed by atoms with Crippen LogP contribution >= 0.6 is 22.9 Å². The Balaban J connectivity index is 0.000000202. The first-order chi connectivity index (χ1) is 65.6. The zero-order chi connectivity index (χ0) is 99.9. The molecule has 4 bridgehead atoms. The normalized spacial score (nSPS) is 45.1. The Kier molecular flexibility index (Phi) is 37.5. The SMILES string of the molecule is CC[C@H](C)[C@H]1O[C@]2(C=C[C@@H]1C)C[C@@H]1C[C@@H](C/C=C(\C)[C@@H](O[C@H]3C[C@H](OC)[C@@H](O[C@H]4C[C@H](OC)[C@@H](O)[C@H](C)O4)[C@H](C)O3)[C@@H](C)/C=C/C=C3\CO[C@@H]4[C@H](O)C(C)=C[C@@H](C(=O)O1)[C@]34O)O2.CN/C(=N\[N+](=O)[O-])NCc1cnc(Cl)s1.CO[C@H]1C[C@H](O[C@H]2[C@H](C)O[C@@H](O[C@@H]3/C(C)=C/C[C@@H]4C[C@@H](C[C@]5(C=C[C@H](C)[C@@H](C(C)C)O5)O4)OC(=O)[C@@H]4C=C(C)[C@@H](O)[C@H]5OC/C(=C\C=C\[C@@H]3C)[C@]54O)C[C@@H]2OC)O[C@@H](C)[C@@H]1O. The molecule has 0 unspecified atom stereocenters. The maximum Gasteiger partial charge on any atom is 0.316 e. The van der Waals surface area contributed by atoms with E-state index in [0.717, 1.165) is 22.4 Å². The Morgan fingerprint density at radius 3 is 1.38 bits per heavy atom. The van der Waals surface area contributed by atoms with E-state index in [1.54, 1.807) is 86.6 Å². The molecule has 0 saturated carbocycles. The molecule has 8 fully saturated rings. The third-order valence-electron chi connectivity index (χ3n) is 29.8. The van der Waals surface area contributed by atoms with Gasteiger partial charge in [0.15, 0.2) is 46.2 Å². The molecule has 8 saturated heterocycles. The second-order valence-corrected chi connectivity index (χ2v) is 41.8. The average Bonchev–Trinajstić information content (AvgIpc) is 1.56. The predicted molar refractivity (Wildman–Crippen MR) is 507 cm³/mol. The molecule has 0 amide bonds. The summed E-state index contributed by atoms with van der Waals surface area (Å²) in [4.78, 5) is 43.4. The zero-order valence-corrected chi connectivity index (χ0v) is 85.0. The van der Waals surface area contributed by atoms with Gasteiger partial charge in [0.25, 0.3) is 5.96 Å². The Hall–Kier alpha value is -6.03. The van der Waals surface area contributed by atoms with Gasteiger partial charge in [-0.15, -0.1) is 11.3 Å². The molecule has 0 radical (unpaired) electrons. The maximum absolute atomic E-state index is 14.3. The highest BCUT2D eigenvalue weighted by Crippen LogP contribution is 2.51. The van der Waals surface area contributed by atoms with E-state index in [1.165, 1.54) is 18.4 Å². The lowest BCUT2D eigenvalue weighted by Gasteiger charge is -2.48. The molecule has 8 N–H and O–H groups in total. The van der Waals surface area contributed by atoms with Crippen molar-refractivity contribution in [2.24, 2.45) is 52.4 Å². The van der Waals surface area contributed by atoms with E-state index in [1.807, 2.05) is 64.2 Å². The Morgan fingerprint density at radius 2 is 0.986 bits per heavy atom. The molecule has 13 heterocycles. The number of carbonyl (C=O) groups is 2. The van der Waals surface area contributed by atoms with Crippen molar-refractivity contribution in [2.45, 2.75) is 382 Å². The van der Waals surface area contributed by atoms with Crippen molar-refractivity contribution in [3.05, 3.63) is 144 Å². The van der Waals surface area contributed by atoms with Crippen molar-refractivity contribution in [3.63, 3.8) is 0 Å². The second-order valence-electron chi connectivity index (χ2n) is 40.1. The minimum absolute atomic E-state index is 0.0313. The number of thiazole rings is 1. The summed E-state index contributed by atoms with van der Waals surface area (Å²) in [6.45, 7) is 32.4. The van der Waals surface area contributed by atoms with E-state index in [4.69, 9.17) is 106 Å². The summed E-state index contributed by atoms with van der Waals surface area (Å²) in [7, 11) is 7.97. The topological polar surface area (TPSA) is 433 Å². The van der Waals surface area contributed by atoms with Gasteiger partial charge in [0, 0.05) is 122 Å². The monoisotopic (exact) mass is 1980 g/mol. The summed E-state index contributed by atoms with van der Waals surface area (Å²) in [5.74, 6) is -5.10. The predicted octanol–water partition coefficient (Wildman–Crippen LogP) is 11.0. The van der Waals surface area contributed by atoms with Crippen molar-refractivity contribution in [3.8, 4) is 0 Å². The third kappa shape index (κ3) is 25.0. The van der Waals surface area contributed by atoms with Gasteiger partial charge in [0.05, 0.1) is 105 Å². The minimum Gasteiger partial charge on any atom is -0.462 e. The quantitative estimate of drug-likeness (QED) is 0.0169. The number of rotatable bonds is 18. The second kappa shape index (κ2) is 47.4. The molecule has 14 aliphatic rings. The van der Waals surface area contributed by atoms with Crippen molar-refractivity contribution >= 4 is 40.8 Å². The first-order valence-corrected chi connectivity index (χ1v) is 50.2. The Morgan fingerprint density at radius 1 is 0.572 bits per heavy atom. The number of esters is 2. The van der Waals surface area contributed by atoms with Gasteiger partial charge in [-0.1, -0.05) is 146 Å². The molecule has 35 nitrogen and oxygen atoms in total. The van der Waals surface area contributed by atoms with Crippen LogP contribution in [-0.4, -0.2) is 302 Å². The molecule has 0 aromatic carbocycles. The number of nitro groups is 1. The van der Waals surface area contributed by atoms with Gasteiger partial charge in [-0.25, -0.2) is 15.1 Å². The summed E-state index contributed by atoms with van der Waals surface area (Å²) in [6.07, 6.45) is 17.7. The lowest BCUT2D eigenvalue weighted by molar-refractivity contribution is -0.485. The molecule has 37 heteroatoms. The van der Waals surface area contributed by atoms with Crippen LogP contribution < -0.4 is 10.6 Å². The van der Waals surface area contributed by atoms with Gasteiger partial charge in [-0.2, -0.15) is 0 Å². The fourth-order valence-electron chi connectivity index (χ4n) is 21.8. The number of ether oxygens (including phenoxy) is 20. The first-order valence-electron chi connectivity index (χ1n) is 49.0. The molecular formula is C101H150ClN5O30S. The Labute approximate surface area is 819 Å². The Bertz CT molecular complexity index is 4640. The summed E-state index contributed by atoms with van der Waals surface area (Å²) in [6, 6.07) is 0. The largest absolute Gasteiger partial charge is 0.462 e. The van der Waals surface area contributed by atoms with Crippen LogP contribution in [0.15, 0.2) is 130 Å². The van der Waals surface area contributed by atoms with Crippen molar-refractivity contribution < 1.29 is 140 Å². The fraction of sp³-hybridized carbons (Fsp3) is 0.743. The number of nitrogens with one attached hydrogen (secondary N) is 2. The number of nitrogens with zero attached hydrogens (tertiary/aromatic N) is 3. The smallest absolute Gasteiger partial charge is 0.316 e. The van der Waals surface area contributed by atoms with Crippen LogP contribution in [0.1, 0.15) is 186 Å². The number of aliphatic hydroxyl groups is 6. The molecule has 12 aliphatic heterocycles. The van der Waals surface area contributed by atoms with Crippen molar-refractivity contribution in [1.82, 2.24) is 15.6 Å². The van der Waals surface area contributed by atoms with Crippen LogP contribution in [-0.2, 0) is 111 Å². The maximum atomic E-state index is 14.3. The summed E-state index contributed by atoms with van der Waals surface area (Å²) < 4.78 is 128. The number of guanidine groups is 1. The number of halogens is 1. The number of hydrogen-bond acceptors (Lipinski definition) is 32. The molecule has 1 aromatic heterocycles. The number of fused-ring (bicyclic) bond motifs is 4. The zero-order valence-electron chi connectivity index (χ0n) is 83.5. The number of aliphatic hydroxyl groups excluding tert-OH is 4. The number of methoxy groups -OCH3 is 4. The highest BCUT2D eigenvalue weighted by molar-refractivity contribution is 7.15. The van der Waals surface area contributed by atoms with Gasteiger partial charge < -0.3 is 136 Å². The van der Waals surface area contributed by atoms with E-state index < -0.39 is 187 Å². The van der Waals surface area contributed by atoms with Crippen molar-refractivity contribution in [1.29, 1.82) is 0 Å². The van der Waals surface area contributed by atoms with E-state index in [2.05, 4.69) is 100 Å². The highest BCUT2D eigenvalue weighted by atomic mass is 35.5. The minimum atomic E-state index is -1.84. The van der Waals surface area contributed by atoms with Gasteiger partial charge >= 0.3 is 11.9 Å². The molecular weight excluding hydrogens is 1830 g/mol. The molecule has 1 aromatic rings. The van der Waals surface area contributed by atoms with Crippen LogP contribution in [0.4, 0.5) is 0 Å². The van der Waals surface area contributed by atoms with E-state index in [9.17, 15) is 50.3 Å². The van der Waals surface area contributed by atoms with Crippen molar-refractivity contribution in [2.75, 3.05) is 48.7 Å². The molecule has 2 aliphatic carbocycles. The lowest BCUT2D eigenvalue weighted by atomic mass is 9.71. The summed E-state index contributed by atoms with van der Waals surface area (Å²) in [5, 5.41) is 86.1. The number of aromatic nitrogens is 1. The number of hydrazone groups is 1. The number of carbonyl (C=O) groups excluding carboxylic acids is 2.